The van der Waals surface area contributed by atoms with Crippen LogP contribution >= 0.6 is 11.6 Å². The Kier molecular flexibility index (Phi) is 7.48. The number of ether oxygens (including phenoxy) is 1. The molecule has 0 aliphatic heterocycles. The summed E-state index contributed by atoms with van der Waals surface area (Å²) in [5.41, 5.74) is 3.04. The highest BCUT2D eigenvalue weighted by atomic mass is 35.5. The number of rotatable bonds is 9. The van der Waals surface area contributed by atoms with Gasteiger partial charge in [-0.3, -0.25) is 0 Å². The van der Waals surface area contributed by atoms with Gasteiger partial charge in [0.1, 0.15) is 24.3 Å². The number of nitrogens with zero attached hydrogens (tertiary/aromatic N) is 3. The quantitative estimate of drug-likeness (QED) is 0.454. The molecule has 0 fully saturated rings. The van der Waals surface area contributed by atoms with Gasteiger partial charge in [0.25, 0.3) is 5.89 Å². The third-order valence-corrected chi connectivity index (χ3v) is 4.72. The highest BCUT2D eigenvalue weighted by Gasteiger charge is 2.16. The van der Waals surface area contributed by atoms with Crippen molar-refractivity contribution >= 4 is 17.4 Å². The molecule has 8 nitrogen and oxygen atoms in total. The van der Waals surface area contributed by atoms with Gasteiger partial charge >= 0.3 is 0 Å². The maximum absolute atomic E-state index is 9.48. The molecule has 0 aliphatic carbocycles. The molecule has 2 heterocycles. The summed E-state index contributed by atoms with van der Waals surface area (Å²) >= 11 is 6.36. The van der Waals surface area contributed by atoms with Crippen molar-refractivity contribution in [2.75, 3.05) is 25.1 Å². The average molecular weight is 447 g/mol. The van der Waals surface area contributed by atoms with E-state index in [1.165, 1.54) is 0 Å². The van der Waals surface area contributed by atoms with Crippen LogP contribution in [0.2, 0.25) is 5.02 Å². The van der Waals surface area contributed by atoms with Gasteiger partial charge in [-0.2, -0.15) is 4.98 Å². The van der Waals surface area contributed by atoms with Crippen molar-refractivity contribution in [2.45, 2.75) is 33.8 Å². The molecule has 1 atom stereocenters. The van der Waals surface area contributed by atoms with Gasteiger partial charge in [-0.25, -0.2) is 4.98 Å². The zero-order valence-corrected chi connectivity index (χ0v) is 18.8. The van der Waals surface area contributed by atoms with Crippen molar-refractivity contribution in [3.8, 4) is 28.6 Å². The summed E-state index contributed by atoms with van der Waals surface area (Å²) in [5.74, 6) is 2.47. The molecule has 166 valence electrons. The molecule has 0 unspecified atom stereocenters. The molecule has 0 aliphatic rings. The molecule has 0 saturated carbocycles. The summed E-state index contributed by atoms with van der Waals surface area (Å²) in [6.45, 7) is 8.37. The second-order valence-electron chi connectivity index (χ2n) is 7.83. The number of aliphatic hydroxyl groups is 2. The fourth-order valence-corrected chi connectivity index (χ4v) is 3.25. The number of nitrogens with one attached hydrogen (secondary N) is 1. The molecule has 3 aromatic rings. The van der Waals surface area contributed by atoms with Gasteiger partial charge in [0.05, 0.1) is 11.6 Å². The third-order valence-electron chi connectivity index (χ3n) is 4.44. The minimum Gasteiger partial charge on any atom is -0.489 e. The molecule has 0 spiro atoms. The first-order chi connectivity index (χ1) is 14.8. The number of hydrogen-bond donors (Lipinski definition) is 3. The first kappa shape index (κ1) is 23.0. The van der Waals surface area contributed by atoms with E-state index < -0.39 is 6.10 Å². The maximum Gasteiger partial charge on any atom is 0.258 e. The smallest absolute Gasteiger partial charge is 0.258 e. The Labute approximate surface area is 186 Å². The third kappa shape index (κ3) is 5.94. The maximum atomic E-state index is 9.48. The molecule has 0 saturated heterocycles. The number of pyridine rings is 1. The Morgan fingerprint density at radius 3 is 2.58 bits per heavy atom. The second-order valence-corrected chi connectivity index (χ2v) is 8.24. The van der Waals surface area contributed by atoms with Crippen molar-refractivity contribution < 1.29 is 19.5 Å². The van der Waals surface area contributed by atoms with Gasteiger partial charge in [-0.05, 0) is 49.6 Å². The topological polar surface area (TPSA) is 114 Å². The Morgan fingerprint density at radius 1 is 1.13 bits per heavy atom. The highest BCUT2D eigenvalue weighted by Crippen LogP contribution is 2.34. The van der Waals surface area contributed by atoms with Gasteiger partial charge < -0.3 is 24.8 Å². The van der Waals surface area contributed by atoms with E-state index in [1.807, 2.05) is 32.0 Å². The van der Waals surface area contributed by atoms with E-state index in [0.29, 0.717) is 34.0 Å². The molecular formula is C22H27ClN4O4. The first-order valence-corrected chi connectivity index (χ1v) is 10.4. The lowest BCUT2D eigenvalue weighted by atomic mass is 10.1. The molecule has 1 aromatic carbocycles. The van der Waals surface area contributed by atoms with E-state index in [4.69, 9.17) is 26.0 Å². The Hall–Kier alpha value is -2.68. The zero-order chi connectivity index (χ0) is 22.5. The van der Waals surface area contributed by atoms with Crippen molar-refractivity contribution in [1.29, 1.82) is 0 Å². The molecule has 2 aromatic heterocycles. The Balaban J connectivity index is 1.84. The number of anilines is 1. The summed E-state index contributed by atoms with van der Waals surface area (Å²) in [5, 5.41) is 26.2. The van der Waals surface area contributed by atoms with Crippen molar-refractivity contribution in [3.63, 3.8) is 0 Å². The normalized spacial score (nSPS) is 12.3. The highest BCUT2D eigenvalue weighted by molar-refractivity contribution is 6.32. The summed E-state index contributed by atoms with van der Waals surface area (Å²) in [6.07, 6.45) is -0.973. The minimum absolute atomic E-state index is 0.0582. The van der Waals surface area contributed by atoms with Crippen molar-refractivity contribution in [2.24, 2.45) is 5.92 Å². The SMILES string of the molecule is Cc1cc(-c2nc(-c3cc(C)c(OC[C@@H](O)CO)c(Cl)c3)no2)cc(NCC(C)C)n1. The number of aromatic nitrogens is 3. The predicted octanol–water partition coefficient (Wildman–Crippen LogP) is 3.87. The molecule has 0 bridgehead atoms. The summed E-state index contributed by atoms with van der Waals surface area (Å²) in [6, 6.07) is 7.28. The number of aliphatic hydroxyl groups excluding tert-OH is 2. The van der Waals surface area contributed by atoms with Crippen LogP contribution in [0.4, 0.5) is 5.82 Å². The summed E-state index contributed by atoms with van der Waals surface area (Å²) in [4.78, 5) is 9.02. The molecule has 0 amide bonds. The van der Waals surface area contributed by atoms with E-state index in [1.54, 1.807) is 6.07 Å². The van der Waals surface area contributed by atoms with Crippen LogP contribution in [0.25, 0.3) is 22.8 Å². The van der Waals surface area contributed by atoms with E-state index >= 15 is 0 Å². The number of aryl methyl sites for hydroxylation is 2. The Morgan fingerprint density at radius 2 is 1.90 bits per heavy atom. The largest absolute Gasteiger partial charge is 0.489 e. The van der Waals surface area contributed by atoms with Crippen LogP contribution in [-0.4, -0.2) is 51.2 Å². The molecule has 3 rings (SSSR count). The van der Waals surface area contributed by atoms with Crippen LogP contribution in [-0.2, 0) is 0 Å². The molecule has 9 heteroatoms. The van der Waals surface area contributed by atoms with Crippen LogP contribution in [0.15, 0.2) is 28.8 Å². The van der Waals surface area contributed by atoms with Crippen molar-refractivity contribution in [3.05, 3.63) is 40.5 Å². The zero-order valence-electron chi connectivity index (χ0n) is 18.0. The van der Waals surface area contributed by atoms with E-state index in [-0.39, 0.29) is 13.2 Å². The van der Waals surface area contributed by atoms with Crippen LogP contribution < -0.4 is 10.1 Å². The fourth-order valence-electron chi connectivity index (χ4n) is 2.92. The van der Waals surface area contributed by atoms with E-state index in [9.17, 15) is 5.11 Å². The standard InChI is InChI=1S/C22H27ClN4O4/c1-12(2)9-24-19-8-16(6-14(4)25-19)22-26-21(27-31-22)15-5-13(3)20(18(23)7-15)30-11-17(29)10-28/h5-8,12,17,28-29H,9-11H2,1-4H3,(H,24,25)/t17-/m0/s1. The van der Waals surface area contributed by atoms with Gasteiger partial charge in [0, 0.05) is 23.4 Å². The lowest BCUT2D eigenvalue weighted by Crippen LogP contribution is -2.21. The fraction of sp³-hybridized carbons (Fsp3) is 0.409. The predicted molar refractivity (Wildman–Crippen MR) is 119 cm³/mol. The lowest BCUT2D eigenvalue weighted by Gasteiger charge is -2.14. The first-order valence-electron chi connectivity index (χ1n) is 10.1. The summed E-state index contributed by atoms with van der Waals surface area (Å²) in [7, 11) is 0. The second kappa shape index (κ2) is 10.1. The average Bonchev–Trinajstić information content (AvgIpc) is 3.21. The number of hydrogen-bond acceptors (Lipinski definition) is 8. The molecular weight excluding hydrogens is 420 g/mol. The van der Waals surface area contributed by atoms with Crippen LogP contribution in [0.5, 0.6) is 5.75 Å². The van der Waals surface area contributed by atoms with Crippen LogP contribution in [0.3, 0.4) is 0 Å². The minimum atomic E-state index is -0.973. The molecule has 0 radical (unpaired) electrons. The molecule has 31 heavy (non-hydrogen) atoms. The summed E-state index contributed by atoms with van der Waals surface area (Å²) < 4.78 is 11.0. The monoisotopic (exact) mass is 446 g/mol. The van der Waals surface area contributed by atoms with Crippen LogP contribution in [0, 0.1) is 19.8 Å². The number of halogens is 1. The van der Waals surface area contributed by atoms with Gasteiger partial charge in [-0.1, -0.05) is 30.6 Å². The van der Waals surface area contributed by atoms with Gasteiger partial charge in [0.2, 0.25) is 5.82 Å². The van der Waals surface area contributed by atoms with E-state index in [2.05, 4.69) is 34.3 Å². The van der Waals surface area contributed by atoms with E-state index in [0.717, 1.165) is 29.2 Å². The van der Waals surface area contributed by atoms with Gasteiger partial charge in [0.15, 0.2) is 0 Å². The Bertz CT molecular complexity index is 1020. The molecule has 3 N–H and O–H groups in total. The van der Waals surface area contributed by atoms with Crippen LogP contribution in [0.1, 0.15) is 25.1 Å². The van der Waals surface area contributed by atoms with Gasteiger partial charge in [-0.15, -0.1) is 0 Å². The number of benzene rings is 1. The lowest BCUT2D eigenvalue weighted by molar-refractivity contribution is 0.0534. The van der Waals surface area contributed by atoms with Crippen molar-refractivity contribution in [1.82, 2.24) is 15.1 Å².